The van der Waals surface area contributed by atoms with Gasteiger partial charge in [-0.15, -0.1) is 0 Å². The molecule has 2 aromatic carbocycles. The van der Waals surface area contributed by atoms with Crippen LogP contribution in [-0.2, 0) is 4.79 Å². The molecule has 158 valence electrons. The van der Waals surface area contributed by atoms with Crippen molar-refractivity contribution in [2.75, 3.05) is 18.0 Å². The zero-order valence-corrected chi connectivity index (χ0v) is 17.6. The fraction of sp³-hybridized carbons (Fsp3) is 0.280. The number of aromatic nitrogens is 2. The molecule has 1 aromatic heterocycles. The fourth-order valence-corrected chi connectivity index (χ4v) is 3.99. The SMILES string of the molecule is CCCC[C@@H]1CN(c2cccc(-c3ccccc3)c2)C(=O)CN1C(=O)c1cnccn1. The average Bonchev–Trinajstić information content (AvgIpc) is 2.84. The van der Waals surface area contributed by atoms with Gasteiger partial charge in [0.25, 0.3) is 5.91 Å². The minimum absolute atomic E-state index is 0.0410. The molecule has 0 aliphatic carbocycles. The van der Waals surface area contributed by atoms with Gasteiger partial charge in [0.05, 0.1) is 12.2 Å². The first-order valence-corrected chi connectivity index (χ1v) is 10.7. The maximum atomic E-state index is 13.1. The van der Waals surface area contributed by atoms with Crippen LogP contribution in [0.1, 0.15) is 36.7 Å². The van der Waals surface area contributed by atoms with Crippen molar-refractivity contribution in [3.63, 3.8) is 0 Å². The zero-order valence-electron chi connectivity index (χ0n) is 17.6. The lowest BCUT2D eigenvalue weighted by Crippen LogP contribution is -2.58. The third kappa shape index (κ3) is 4.63. The zero-order chi connectivity index (χ0) is 21.6. The van der Waals surface area contributed by atoms with E-state index in [0.717, 1.165) is 36.1 Å². The summed E-state index contributed by atoms with van der Waals surface area (Å²) in [7, 11) is 0. The average molecular weight is 415 g/mol. The number of carbonyl (C=O) groups excluding carboxylic acids is 2. The fourth-order valence-electron chi connectivity index (χ4n) is 3.99. The number of nitrogens with zero attached hydrogens (tertiary/aromatic N) is 4. The van der Waals surface area contributed by atoms with Crippen molar-refractivity contribution >= 4 is 17.5 Å². The van der Waals surface area contributed by atoms with Gasteiger partial charge >= 0.3 is 0 Å². The standard InChI is InChI=1S/C25H26N4O2/c1-2-3-11-22-17-28(21-12-7-10-20(15-21)19-8-5-4-6-9-19)24(30)18-29(22)25(31)23-16-26-13-14-27-23/h4-10,12-16,22H,2-3,11,17-18H2,1H3/t22-/m1/s1. The summed E-state index contributed by atoms with van der Waals surface area (Å²) in [5, 5.41) is 0. The van der Waals surface area contributed by atoms with E-state index in [1.54, 1.807) is 4.90 Å². The summed E-state index contributed by atoms with van der Waals surface area (Å²) in [6, 6.07) is 18.1. The second-order valence-electron chi connectivity index (χ2n) is 7.74. The van der Waals surface area contributed by atoms with Gasteiger partial charge in [0, 0.05) is 24.6 Å². The normalized spacial score (nSPS) is 16.4. The van der Waals surface area contributed by atoms with Crippen LogP contribution in [0.5, 0.6) is 0 Å². The maximum Gasteiger partial charge on any atom is 0.274 e. The molecule has 1 aliphatic rings. The molecule has 0 bridgehead atoms. The number of carbonyl (C=O) groups is 2. The highest BCUT2D eigenvalue weighted by Gasteiger charge is 2.36. The predicted molar refractivity (Wildman–Crippen MR) is 121 cm³/mol. The van der Waals surface area contributed by atoms with Gasteiger partial charge in [0.1, 0.15) is 12.2 Å². The minimum Gasteiger partial charge on any atom is -0.323 e. The van der Waals surface area contributed by atoms with Gasteiger partial charge in [-0.2, -0.15) is 0 Å². The van der Waals surface area contributed by atoms with Crippen molar-refractivity contribution in [1.29, 1.82) is 0 Å². The molecule has 0 N–H and O–H groups in total. The largest absolute Gasteiger partial charge is 0.323 e. The highest BCUT2D eigenvalue weighted by Crippen LogP contribution is 2.28. The molecule has 1 atom stereocenters. The number of benzene rings is 2. The predicted octanol–water partition coefficient (Wildman–Crippen LogP) is 4.19. The van der Waals surface area contributed by atoms with E-state index in [1.165, 1.54) is 18.6 Å². The van der Waals surface area contributed by atoms with Gasteiger partial charge in [-0.05, 0) is 29.7 Å². The third-order valence-electron chi connectivity index (χ3n) is 5.64. The molecule has 3 aromatic rings. The molecule has 1 fully saturated rings. The third-order valence-corrected chi connectivity index (χ3v) is 5.64. The molecule has 0 saturated carbocycles. The topological polar surface area (TPSA) is 66.4 Å². The van der Waals surface area contributed by atoms with E-state index >= 15 is 0 Å². The van der Waals surface area contributed by atoms with Gasteiger partial charge in [-0.3, -0.25) is 14.6 Å². The van der Waals surface area contributed by atoms with Crippen LogP contribution in [-0.4, -0.2) is 45.8 Å². The number of anilines is 1. The number of unbranched alkanes of at least 4 members (excludes halogenated alkanes) is 1. The molecule has 2 heterocycles. The molecule has 6 nitrogen and oxygen atoms in total. The van der Waals surface area contributed by atoms with Crippen LogP contribution in [0.2, 0.25) is 0 Å². The van der Waals surface area contributed by atoms with E-state index in [0.29, 0.717) is 6.54 Å². The quantitative estimate of drug-likeness (QED) is 0.607. The van der Waals surface area contributed by atoms with E-state index in [4.69, 9.17) is 0 Å². The minimum atomic E-state index is -0.236. The maximum absolute atomic E-state index is 13.1. The Labute approximate surface area is 182 Å². The van der Waals surface area contributed by atoms with E-state index in [1.807, 2.05) is 47.4 Å². The molecular formula is C25H26N4O2. The lowest BCUT2D eigenvalue weighted by Gasteiger charge is -2.41. The second-order valence-corrected chi connectivity index (χ2v) is 7.74. The lowest BCUT2D eigenvalue weighted by molar-refractivity contribution is -0.121. The number of piperazine rings is 1. The molecule has 2 amide bonds. The molecule has 0 radical (unpaired) electrons. The van der Waals surface area contributed by atoms with E-state index in [9.17, 15) is 9.59 Å². The molecule has 0 unspecified atom stereocenters. The summed E-state index contributed by atoms with van der Waals surface area (Å²) in [5.41, 5.74) is 3.31. The van der Waals surface area contributed by atoms with E-state index < -0.39 is 0 Å². The highest BCUT2D eigenvalue weighted by molar-refractivity contribution is 6.01. The molecule has 1 aliphatic heterocycles. The number of hydrogen-bond acceptors (Lipinski definition) is 4. The van der Waals surface area contributed by atoms with Crippen LogP contribution >= 0.6 is 0 Å². The first-order chi connectivity index (χ1) is 15.2. The van der Waals surface area contributed by atoms with Crippen molar-refractivity contribution < 1.29 is 9.59 Å². The second kappa shape index (κ2) is 9.51. The number of rotatable bonds is 6. The van der Waals surface area contributed by atoms with Gasteiger partial charge in [0.2, 0.25) is 5.91 Å². The van der Waals surface area contributed by atoms with E-state index in [-0.39, 0.29) is 30.1 Å². The Bertz CT molecular complexity index is 1040. The van der Waals surface area contributed by atoms with Gasteiger partial charge in [-0.1, -0.05) is 62.2 Å². The Balaban J connectivity index is 1.60. The molecular weight excluding hydrogens is 388 g/mol. The Hall–Kier alpha value is -3.54. The summed E-state index contributed by atoms with van der Waals surface area (Å²) >= 11 is 0. The monoisotopic (exact) mass is 414 g/mol. The van der Waals surface area contributed by atoms with Crippen molar-refractivity contribution in [2.45, 2.75) is 32.2 Å². The molecule has 1 saturated heterocycles. The lowest BCUT2D eigenvalue weighted by atomic mass is 10.0. The van der Waals surface area contributed by atoms with Crippen molar-refractivity contribution in [2.24, 2.45) is 0 Å². The summed E-state index contributed by atoms with van der Waals surface area (Å²) in [5.74, 6) is -0.324. The Morgan fingerprint density at radius 1 is 1.06 bits per heavy atom. The van der Waals surface area contributed by atoms with Crippen molar-refractivity contribution in [1.82, 2.24) is 14.9 Å². The molecule has 0 spiro atoms. The number of hydrogen-bond donors (Lipinski definition) is 0. The molecule has 6 heteroatoms. The smallest absolute Gasteiger partial charge is 0.274 e. The Kier molecular flexibility index (Phi) is 6.36. The number of amides is 2. The van der Waals surface area contributed by atoms with Gasteiger partial charge in [0.15, 0.2) is 0 Å². The van der Waals surface area contributed by atoms with E-state index in [2.05, 4.69) is 29.0 Å². The first kappa shape index (κ1) is 20.7. The van der Waals surface area contributed by atoms with Crippen LogP contribution < -0.4 is 4.90 Å². The van der Waals surface area contributed by atoms with Crippen molar-refractivity contribution in [3.05, 3.63) is 78.9 Å². The van der Waals surface area contributed by atoms with Gasteiger partial charge in [-0.25, -0.2) is 4.98 Å². The van der Waals surface area contributed by atoms with Crippen LogP contribution in [0.3, 0.4) is 0 Å². The summed E-state index contributed by atoms with van der Waals surface area (Å²) < 4.78 is 0. The van der Waals surface area contributed by atoms with Crippen LogP contribution in [0.15, 0.2) is 73.2 Å². The van der Waals surface area contributed by atoms with Crippen LogP contribution in [0, 0.1) is 0 Å². The summed E-state index contributed by atoms with van der Waals surface area (Å²) in [6.07, 6.45) is 7.35. The highest BCUT2D eigenvalue weighted by atomic mass is 16.2. The summed E-state index contributed by atoms with van der Waals surface area (Å²) in [6.45, 7) is 2.65. The van der Waals surface area contributed by atoms with Crippen LogP contribution in [0.25, 0.3) is 11.1 Å². The first-order valence-electron chi connectivity index (χ1n) is 10.7. The Morgan fingerprint density at radius 2 is 1.87 bits per heavy atom. The molecule has 4 rings (SSSR count). The summed E-state index contributed by atoms with van der Waals surface area (Å²) in [4.78, 5) is 37.8. The van der Waals surface area contributed by atoms with Crippen molar-refractivity contribution in [3.8, 4) is 11.1 Å². The Morgan fingerprint density at radius 3 is 2.61 bits per heavy atom. The van der Waals surface area contributed by atoms with Crippen LogP contribution in [0.4, 0.5) is 5.69 Å². The van der Waals surface area contributed by atoms with Gasteiger partial charge < -0.3 is 9.80 Å². The molecule has 31 heavy (non-hydrogen) atoms.